The van der Waals surface area contributed by atoms with E-state index in [9.17, 15) is 18.0 Å². The largest absolute Gasteiger partial charge is 0.350 e. The van der Waals surface area contributed by atoms with Crippen molar-refractivity contribution in [2.24, 2.45) is 0 Å². The predicted octanol–water partition coefficient (Wildman–Crippen LogP) is 7.05. The van der Waals surface area contributed by atoms with Gasteiger partial charge in [-0.05, 0) is 80.8 Å². The third-order valence-electron chi connectivity index (χ3n) is 7.11. The molecule has 4 rings (SSSR count). The van der Waals surface area contributed by atoms with E-state index < -0.39 is 34.1 Å². The van der Waals surface area contributed by atoms with Crippen LogP contribution in [0.15, 0.2) is 108 Å². The number of anilines is 1. The minimum absolute atomic E-state index is 0.0214. The van der Waals surface area contributed by atoms with E-state index in [4.69, 9.17) is 23.2 Å². The Morgan fingerprint density at radius 2 is 1.44 bits per heavy atom. The van der Waals surface area contributed by atoms with Gasteiger partial charge in [0, 0.05) is 28.5 Å². The molecule has 1 N–H and O–H groups in total. The van der Waals surface area contributed by atoms with Gasteiger partial charge in [0.1, 0.15) is 12.6 Å². The summed E-state index contributed by atoms with van der Waals surface area (Å²) in [5.74, 6) is -0.944. The maximum absolute atomic E-state index is 14.6. The lowest BCUT2D eigenvalue weighted by Crippen LogP contribution is -2.56. The molecule has 7 nitrogen and oxygen atoms in total. The maximum atomic E-state index is 14.6. The summed E-state index contributed by atoms with van der Waals surface area (Å²) in [6.07, 6.45) is 0.199. The molecule has 0 spiro atoms. The highest BCUT2D eigenvalue weighted by molar-refractivity contribution is 7.92. The highest BCUT2D eigenvalue weighted by atomic mass is 35.5. The standard InChI is InChI=1S/C35H37Cl2N3O4S/c1-25-21-28(36)19-20-31(25)40(45(43,44)29-16-9-6-10-17-29)24-33(41)39(23-27-15-11-12-18-30(27)37)32(34(42)38-35(2,3)4)22-26-13-7-5-8-14-26/h5-21,32H,22-24H2,1-4H3,(H,38,42). The third-order valence-corrected chi connectivity index (χ3v) is 9.48. The fraction of sp³-hybridized carbons (Fsp3) is 0.257. The fourth-order valence-corrected chi connectivity index (χ4v) is 6.87. The van der Waals surface area contributed by atoms with Crippen LogP contribution in [0.5, 0.6) is 0 Å². The molecule has 4 aromatic carbocycles. The fourth-order valence-electron chi connectivity index (χ4n) is 4.95. The summed E-state index contributed by atoms with van der Waals surface area (Å²) < 4.78 is 29.4. The topological polar surface area (TPSA) is 86.8 Å². The zero-order valence-electron chi connectivity index (χ0n) is 25.7. The smallest absolute Gasteiger partial charge is 0.264 e. The van der Waals surface area contributed by atoms with Gasteiger partial charge in [-0.15, -0.1) is 0 Å². The van der Waals surface area contributed by atoms with Crippen molar-refractivity contribution < 1.29 is 18.0 Å². The Bertz CT molecular complexity index is 1740. The summed E-state index contributed by atoms with van der Waals surface area (Å²) >= 11 is 12.8. The van der Waals surface area contributed by atoms with Gasteiger partial charge < -0.3 is 10.2 Å². The average Bonchev–Trinajstić information content (AvgIpc) is 2.99. The molecule has 0 saturated carbocycles. The summed E-state index contributed by atoms with van der Waals surface area (Å²) in [7, 11) is -4.22. The number of carbonyl (C=O) groups excluding carboxylic acids is 2. The van der Waals surface area contributed by atoms with Crippen LogP contribution in [-0.2, 0) is 32.6 Å². The van der Waals surface area contributed by atoms with Gasteiger partial charge in [0.15, 0.2) is 0 Å². The number of benzene rings is 4. The highest BCUT2D eigenvalue weighted by Gasteiger charge is 2.36. The van der Waals surface area contributed by atoms with E-state index in [1.165, 1.54) is 17.0 Å². The molecule has 4 aromatic rings. The van der Waals surface area contributed by atoms with Gasteiger partial charge in [-0.25, -0.2) is 8.42 Å². The number of sulfonamides is 1. The van der Waals surface area contributed by atoms with E-state index in [-0.39, 0.29) is 23.8 Å². The Morgan fingerprint density at radius 3 is 2.04 bits per heavy atom. The zero-order valence-corrected chi connectivity index (χ0v) is 28.0. The predicted molar refractivity (Wildman–Crippen MR) is 181 cm³/mol. The van der Waals surface area contributed by atoms with Crippen molar-refractivity contribution in [1.29, 1.82) is 0 Å². The number of nitrogens with zero attached hydrogens (tertiary/aromatic N) is 2. The summed E-state index contributed by atoms with van der Waals surface area (Å²) in [6, 6.07) is 28.2. The summed E-state index contributed by atoms with van der Waals surface area (Å²) in [6.45, 7) is 6.73. The SMILES string of the molecule is Cc1cc(Cl)ccc1N(CC(=O)N(Cc1ccccc1Cl)C(Cc1ccccc1)C(=O)NC(C)(C)C)S(=O)(=O)c1ccccc1. The number of aryl methyl sites for hydroxylation is 1. The van der Waals surface area contributed by atoms with Gasteiger partial charge in [-0.1, -0.05) is 89.9 Å². The average molecular weight is 667 g/mol. The lowest BCUT2D eigenvalue weighted by Gasteiger charge is -2.35. The number of hydrogen-bond acceptors (Lipinski definition) is 4. The molecule has 0 aliphatic carbocycles. The summed E-state index contributed by atoms with van der Waals surface area (Å²) in [5, 5.41) is 3.87. The first-order valence-electron chi connectivity index (χ1n) is 14.5. The third kappa shape index (κ3) is 8.87. The molecule has 0 radical (unpaired) electrons. The van der Waals surface area contributed by atoms with E-state index >= 15 is 0 Å². The first kappa shape index (κ1) is 34.0. The Hall–Kier alpha value is -3.85. The van der Waals surface area contributed by atoms with Crippen molar-refractivity contribution in [2.75, 3.05) is 10.8 Å². The second kappa shape index (κ2) is 14.5. The van der Waals surface area contributed by atoms with Gasteiger partial charge in [0.2, 0.25) is 11.8 Å². The Morgan fingerprint density at radius 1 is 0.844 bits per heavy atom. The van der Waals surface area contributed by atoms with E-state index in [1.54, 1.807) is 67.6 Å². The Kier molecular flexibility index (Phi) is 11.0. The van der Waals surface area contributed by atoms with Gasteiger partial charge in [0.25, 0.3) is 10.0 Å². The minimum atomic E-state index is -4.22. The molecule has 45 heavy (non-hydrogen) atoms. The molecule has 0 aliphatic rings. The molecule has 1 atom stereocenters. The quantitative estimate of drug-likeness (QED) is 0.186. The normalized spacial score (nSPS) is 12.3. The van der Waals surface area contributed by atoms with Crippen molar-refractivity contribution in [1.82, 2.24) is 10.2 Å². The second-order valence-corrected chi connectivity index (χ2v) is 14.5. The van der Waals surface area contributed by atoms with Crippen LogP contribution in [0.2, 0.25) is 10.0 Å². The number of hydrogen-bond donors (Lipinski definition) is 1. The molecule has 0 bridgehead atoms. The number of rotatable bonds is 11. The maximum Gasteiger partial charge on any atom is 0.264 e. The molecule has 0 heterocycles. The van der Waals surface area contributed by atoms with Gasteiger partial charge in [-0.3, -0.25) is 13.9 Å². The Labute approximate surface area is 275 Å². The highest BCUT2D eigenvalue weighted by Crippen LogP contribution is 2.30. The molecular weight excluding hydrogens is 629 g/mol. The molecule has 0 saturated heterocycles. The summed E-state index contributed by atoms with van der Waals surface area (Å²) in [4.78, 5) is 30.0. The molecule has 0 fully saturated rings. The second-order valence-electron chi connectivity index (χ2n) is 11.8. The molecule has 236 valence electrons. The first-order valence-corrected chi connectivity index (χ1v) is 16.7. The number of halogens is 2. The van der Waals surface area contributed by atoms with Crippen molar-refractivity contribution >= 4 is 50.7 Å². The van der Waals surface area contributed by atoms with E-state index in [2.05, 4.69) is 5.32 Å². The molecule has 10 heteroatoms. The first-order chi connectivity index (χ1) is 21.3. The molecule has 0 aliphatic heterocycles. The number of nitrogens with one attached hydrogen (secondary N) is 1. The van der Waals surface area contributed by atoms with Gasteiger partial charge >= 0.3 is 0 Å². The zero-order chi connectivity index (χ0) is 32.8. The lowest BCUT2D eigenvalue weighted by molar-refractivity contribution is -0.140. The van der Waals surface area contributed by atoms with Crippen LogP contribution in [-0.4, -0.2) is 43.3 Å². The monoisotopic (exact) mass is 665 g/mol. The van der Waals surface area contributed by atoms with E-state index in [1.807, 2.05) is 51.1 Å². The molecule has 1 unspecified atom stereocenters. The molecular formula is C35H37Cl2N3O4S. The number of amides is 2. The number of carbonyl (C=O) groups is 2. The van der Waals surface area contributed by atoms with Crippen LogP contribution in [0.3, 0.4) is 0 Å². The van der Waals surface area contributed by atoms with Crippen molar-refractivity contribution in [3.8, 4) is 0 Å². The Balaban J connectivity index is 1.84. The van der Waals surface area contributed by atoms with Crippen LogP contribution in [0.25, 0.3) is 0 Å². The van der Waals surface area contributed by atoms with Crippen LogP contribution < -0.4 is 9.62 Å². The van der Waals surface area contributed by atoms with Crippen molar-refractivity contribution in [3.05, 3.63) is 130 Å². The van der Waals surface area contributed by atoms with Gasteiger partial charge in [0.05, 0.1) is 10.6 Å². The van der Waals surface area contributed by atoms with E-state index in [0.29, 0.717) is 26.9 Å². The van der Waals surface area contributed by atoms with Crippen LogP contribution in [0.4, 0.5) is 5.69 Å². The summed E-state index contributed by atoms with van der Waals surface area (Å²) in [5.41, 5.74) is 1.74. The van der Waals surface area contributed by atoms with E-state index in [0.717, 1.165) is 9.87 Å². The van der Waals surface area contributed by atoms with Crippen molar-refractivity contribution in [3.63, 3.8) is 0 Å². The van der Waals surface area contributed by atoms with Crippen molar-refractivity contribution in [2.45, 2.75) is 57.1 Å². The lowest BCUT2D eigenvalue weighted by atomic mass is 10.0. The van der Waals surface area contributed by atoms with Crippen LogP contribution in [0, 0.1) is 6.92 Å². The minimum Gasteiger partial charge on any atom is -0.350 e. The molecule has 2 amide bonds. The van der Waals surface area contributed by atoms with Crippen LogP contribution >= 0.6 is 23.2 Å². The van der Waals surface area contributed by atoms with Gasteiger partial charge in [-0.2, -0.15) is 0 Å². The molecule has 0 aromatic heterocycles. The van der Waals surface area contributed by atoms with Crippen LogP contribution in [0.1, 0.15) is 37.5 Å².